The fourth-order valence-electron chi connectivity index (χ4n) is 2.78. The van der Waals surface area contributed by atoms with Gasteiger partial charge in [0.25, 0.3) is 6.47 Å². The van der Waals surface area contributed by atoms with Crippen LogP contribution in [-0.2, 0) is 27.3 Å². The lowest BCUT2D eigenvalue weighted by Crippen LogP contribution is -2.48. The number of nitrogens with one attached hydrogen (secondary N) is 2. The molecule has 3 rings (SSSR count). The van der Waals surface area contributed by atoms with Crippen LogP contribution in [0.4, 0.5) is 0 Å². The quantitative estimate of drug-likeness (QED) is 0.839. The van der Waals surface area contributed by atoms with Crippen LogP contribution in [0.25, 0.3) is 0 Å². The molecule has 1 unspecified atom stereocenters. The topological polar surface area (TPSA) is 67.4 Å². The predicted molar refractivity (Wildman–Crippen MR) is 96.8 cm³/mol. The molecule has 25 heavy (non-hydrogen) atoms. The van der Waals surface area contributed by atoms with Crippen molar-refractivity contribution in [3.05, 3.63) is 71.3 Å². The molecule has 0 aliphatic carbocycles. The van der Waals surface area contributed by atoms with Crippen molar-refractivity contribution >= 4 is 12.4 Å². The molecule has 1 aliphatic heterocycles. The first-order chi connectivity index (χ1) is 12.2. The summed E-state index contributed by atoms with van der Waals surface area (Å²) in [5, 5.41) is 6.42. The van der Waals surface area contributed by atoms with Crippen molar-refractivity contribution in [3.8, 4) is 0 Å². The maximum atomic E-state index is 12.4. The number of ether oxygens (including phenoxy) is 1. The Bertz CT molecular complexity index is 688. The summed E-state index contributed by atoms with van der Waals surface area (Å²) in [6.45, 7) is 3.15. The summed E-state index contributed by atoms with van der Waals surface area (Å²) in [6, 6.07) is 18.2. The van der Waals surface area contributed by atoms with E-state index in [0.29, 0.717) is 6.47 Å². The Morgan fingerprint density at radius 2 is 1.76 bits per heavy atom. The lowest BCUT2D eigenvalue weighted by atomic mass is 9.95. The molecular formula is C20H24N2O3. The Morgan fingerprint density at radius 1 is 1.16 bits per heavy atom. The van der Waals surface area contributed by atoms with Crippen molar-refractivity contribution < 1.29 is 14.3 Å². The zero-order valence-corrected chi connectivity index (χ0v) is 14.6. The van der Waals surface area contributed by atoms with Crippen molar-refractivity contribution in [2.45, 2.75) is 32.0 Å². The van der Waals surface area contributed by atoms with Crippen LogP contribution in [0.15, 0.2) is 54.6 Å². The summed E-state index contributed by atoms with van der Waals surface area (Å²) in [5.41, 5.74) is 3.68. The highest BCUT2D eigenvalue weighted by Crippen LogP contribution is 2.17. The van der Waals surface area contributed by atoms with E-state index >= 15 is 0 Å². The third kappa shape index (κ3) is 5.43. The second-order valence-corrected chi connectivity index (χ2v) is 5.88. The van der Waals surface area contributed by atoms with Gasteiger partial charge in [-0.1, -0.05) is 54.6 Å². The van der Waals surface area contributed by atoms with E-state index in [1.165, 1.54) is 18.2 Å². The van der Waals surface area contributed by atoms with Crippen LogP contribution >= 0.6 is 0 Å². The normalized spacial score (nSPS) is 16.5. The van der Waals surface area contributed by atoms with E-state index in [4.69, 9.17) is 4.79 Å². The Labute approximate surface area is 148 Å². The Hall–Kier alpha value is -2.66. The minimum atomic E-state index is -0.147. The van der Waals surface area contributed by atoms with Gasteiger partial charge < -0.3 is 15.4 Å². The van der Waals surface area contributed by atoms with Crippen molar-refractivity contribution in [1.29, 1.82) is 0 Å². The van der Waals surface area contributed by atoms with Gasteiger partial charge in [0.05, 0.1) is 19.2 Å². The van der Waals surface area contributed by atoms with E-state index in [1.807, 2.05) is 49.4 Å². The van der Waals surface area contributed by atoms with Crippen LogP contribution in [-0.4, -0.2) is 25.5 Å². The standard InChI is InChI=1S/C18H20N2O.C2H4O2/c1-13(14-7-3-2-4-8-14)20-18(21)17-11-15-9-5-6-10-16(15)12-19-17;1-4-2-3/h2-10,13,17,19H,11-12H2,1H3,(H,20,21);2H,1H3/t13?,17-;/m1./s1. The molecule has 0 spiro atoms. The monoisotopic (exact) mass is 340 g/mol. The van der Waals surface area contributed by atoms with E-state index in [-0.39, 0.29) is 18.0 Å². The minimum absolute atomic E-state index is 0.0256. The molecule has 0 bridgehead atoms. The second-order valence-electron chi connectivity index (χ2n) is 5.88. The summed E-state index contributed by atoms with van der Waals surface area (Å²) >= 11 is 0. The van der Waals surface area contributed by atoms with Gasteiger partial charge in [-0.25, -0.2) is 0 Å². The van der Waals surface area contributed by atoms with Gasteiger partial charge >= 0.3 is 0 Å². The SMILES string of the molecule is CC(NC(=O)[C@H]1Cc2ccccc2CN1)c1ccccc1.COC=O. The first-order valence-corrected chi connectivity index (χ1v) is 8.27. The van der Waals surface area contributed by atoms with Gasteiger partial charge in [-0.05, 0) is 30.0 Å². The molecule has 0 saturated heterocycles. The van der Waals surface area contributed by atoms with E-state index < -0.39 is 0 Å². The molecule has 5 nitrogen and oxygen atoms in total. The van der Waals surface area contributed by atoms with Gasteiger partial charge in [-0.2, -0.15) is 0 Å². The number of benzene rings is 2. The summed E-state index contributed by atoms with van der Waals surface area (Å²) in [4.78, 5) is 21.4. The van der Waals surface area contributed by atoms with Crippen LogP contribution in [0.3, 0.4) is 0 Å². The van der Waals surface area contributed by atoms with E-state index in [0.717, 1.165) is 18.5 Å². The summed E-state index contributed by atoms with van der Waals surface area (Å²) in [6.07, 6.45) is 0.753. The molecule has 1 aliphatic rings. The maximum Gasteiger partial charge on any atom is 0.292 e. The first kappa shape index (κ1) is 18.7. The maximum absolute atomic E-state index is 12.4. The number of rotatable bonds is 4. The number of methoxy groups -OCH3 is 1. The van der Waals surface area contributed by atoms with Crippen molar-refractivity contribution in [2.24, 2.45) is 0 Å². The number of carbonyl (C=O) groups is 2. The summed E-state index contributed by atoms with van der Waals surface area (Å²) < 4.78 is 3.86. The Balaban J connectivity index is 0.000000511. The number of carbonyl (C=O) groups excluding carboxylic acids is 2. The van der Waals surface area contributed by atoms with E-state index in [1.54, 1.807) is 0 Å². The Morgan fingerprint density at radius 3 is 2.40 bits per heavy atom. The van der Waals surface area contributed by atoms with Crippen molar-refractivity contribution in [3.63, 3.8) is 0 Å². The lowest BCUT2D eigenvalue weighted by Gasteiger charge is -2.26. The van der Waals surface area contributed by atoms with Gasteiger partial charge in [-0.15, -0.1) is 0 Å². The molecule has 132 valence electrons. The van der Waals surface area contributed by atoms with Gasteiger partial charge in [0, 0.05) is 6.54 Å². The molecule has 0 aromatic heterocycles. The third-order valence-electron chi connectivity index (χ3n) is 4.15. The van der Waals surface area contributed by atoms with Crippen LogP contribution in [0, 0.1) is 0 Å². The van der Waals surface area contributed by atoms with Crippen molar-refractivity contribution in [1.82, 2.24) is 10.6 Å². The average molecular weight is 340 g/mol. The van der Waals surface area contributed by atoms with Crippen LogP contribution in [0.5, 0.6) is 0 Å². The Kier molecular flexibility index (Phi) is 7.16. The molecule has 1 heterocycles. The molecule has 0 saturated carbocycles. The molecular weight excluding hydrogens is 316 g/mol. The molecule has 5 heteroatoms. The van der Waals surface area contributed by atoms with E-state index in [9.17, 15) is 4.79 Å². The smallest absolute Gasteiger partial charge is 0.292 e. The van der Waals surface area contributed by atoms with Gasteiger partial charge in [-0.3, -0.25) is 9.59 Å². The molecule has 2 aromatic carbocycles. The molecule has 0 radical (unpaired) electrons. The highest BCUT2D eigenvalue weighted by Gasteiger charge is 2.24. The molecule has 1 amide bonds. The van der Waals surface area contributed by atoms with Crippen LogP contribution in [0.1, 0.15) is 29.7 Å². The van der Waals surface area contributed by atoms with Gasteiger partial charge in [0.15, 0.2) is 0 Å². The zero-order valence-electron chi connectivity index (χ0n) is 14.6. The summed E-state index contributed by atoms with van der Waals surface area (Å²) in [5.74, 6) is 0.0702. The number of hydrogen-bond donors (Lipinski definition) is 2. The van der Waals surface area contributed by atoms with E-state index in [2.05, 4.69) is 27.5 Å². The largest absolute Gasteiger partial charge is 0.471 e. The molecule has 2 N–H and O–H groups in total. The highest BCUT2D eigenvalue weighted by atomic mass is 16.5. The molecule has 2 aromatic rings. The van der Waals surface area contributed by atoms with Gasteiger partial charge in [0.1, 0.15) is 0 Å². The number of amides is 1. The van der Waals surface area contributed by atoms with Crippen LogP contribution < -0.4 is 10.6 Å². The van der Waals surface area contributed by atoms with Crippen molar-refractivity contribution in [2.75, 3.05) is 7.11 Å². The minimum Gasteiger partial charge on any atom is -0.471 e. The lowest BCUT2D eigenvalue weighted by molar-refractivity contribution is -0.126. The fraction of sp³-hybridized carbons (Fsp3) is 0.300. The molecule has 0 fully saturated rings. The number of hydrogen-bond acceptors (Lipinski definition) is 4. The molecule has 2 atom stereocenters. The third-order valence-corrected chi connectivity index (χ3v) is 4.15. The van der Waals surface area contributed by atoms with Gasteiger partial charge in [0.2, 0.25) is 5.91 Å². The average Bonchev–Trinajstić information content (AvgIpc) is 2.68. The zero-order chi connectivity index (χ0) is 18.1. The summed E-state index contributed by atoms with van der Waals surface area (Å²) in [7, 11) is 1.31. The second kappa shape index (κ2) is 9.59. The predicted octanol–water partition coefficient (Wildman–Crippen LogP) is 2.37. The number of fused-ring (bicyclic) bond motifs is 1. The first-order valence-electron chi connectivity index (χ1n) is 8.27. The van der Waals surface area contributed by atoms with Crippen LogP contribution in [0.2, 0.25) is 0 Å². The highest BCUT2D eigenvalue weighted by molar-refractivity contribution is 5.82. The fourth-order valence-corrected chi connectivity index (χ4v) is 2.78.